The van der Waals surface area contributed by atoms with Gasteiger partial charge in [-0.15, -0.1) is 0 Å². The molecule has 0 N–H and O–H groups in total. The van der Waals surface area contributed by atoms with Crippen LogP contribution in [0.4, 0.5) is 4.39 Å². The van der Waals surface area contributed by atoms with Gasteiger partial charge in [-0.3, -0.25) is 4.79 Å². The lowest BCUT2D eigenvalue weighted by molar-refractivity contribution is -0.139. The van der Waals surface area contributed by atoms with Crippen LogP contribution in [0.2, 0.25) is 0 Å². The second-order valence-electron chi connectivity index (χ2n) is 3.60. The fraction of sp³-hybridized carbons (Fsp3) is 0.250. The van der Waals surface area contributed by atoms with Crippen LogP contribution in [0.25, 0.3) is 6.08 Å². The van der Waals surface area contributed by atoms with Crippen molar-refractivity contribution in [3.8, 4) is 0 Å². The Balaban J connectivity index is 2.10. The number of hydrogen-bond acceptors (Lipinski definition) is 2. The highest BCUT2D eigenvalue weighted by atomic mass is 19.1. The van der Waals surface area contributed by atoms with E-state index in [-0.39, 0.29) is 11.8 Å². The normalized spacial score (nSPS) is 13.3. The molecule has 78 valence electrons. The van der Waals surface area contributed by atoms with Crippen molar-refractivity contribution in [2.24, 2.45) is 0 Å². The lowest BCUT2D eigenvalue weighted by Crippen LogP contribution is -2.02. The molecule has 1 aliphatic rings. The molecule has 1 aliphatic carbocycles. The topological polar surface area (TPSA) is 26.3 Å². The number of carbonyl (C=O) groups excluding carboxylic acids is 1. The van der Waals surface area contributed by atoms with E-state index in [4.69, 9.17) is 4.74 Å². The van der Waals surface area contributed by atoms with Gasteiger partial charge < -0.3 is 4.74 Å². The molecule has 3 heteroatoms. The highest BCUT2D eigenvalue weighted by Gasteiger charge is 2.13. The zero-order valence-corrected chi connectivity index (χ0v) is 8.42. The molecule has 0 amide bonds. The highest BCUT2D eigenvalue weighted by molar-refractivity contribution is 5.68. The maximum atomic E-state index is 12.9. The molecule has 0 bridgehead atoms. The Morgan fingerprint density at radius 3 is 3.07 bits per heavy atom. The third kappa shape index (κ3) is 2.24. The Kier molecular flexibility index (Phi) is 2.54. The monoisotopic (exact) mass is 206 g/mol. The number of benzene rings is 1. The predicted molar refractivity (Wildman–Crippen MR) is 54.7 cm³/mol. The minimum absolute atomic E-state index is 0.237. The standard InChI is InChI=1S/C12H11FO2/c1-8(14)15-7-9-4-10-2-3-12(13)6-11(10)5-9/h2-3,5-6H,4,7H2,1H3. The highest BCUT2D eigenvalue weighted by Crippen LogP contribution is 2.25. The average Bonchev–Trinajstić information content (AvgIpc) is 2.56. The van der Waals surface area contributed by atoms with E-state index in [1.807, 2.05) is 6.08 Å². The Hall–Kier alpha value is -1.64. The quantitative estimate of drug-likeness (QED) is 0.694. The van der Waals surface area contributed by atoms with Crippen molar-refractivity contribution in [1.82, 2.24) is 0 Å². The number of ether oxygens (including phenoxy) is 1. The molecular weight excluding hydrogens is 195 g/mol. The third-order valence-electron chi connectivity index (χ3n) is 2.35. The molecule has 0 fully saturated rings. The van der Waals surface area contributed by atoms with Crippen molar-refractivity contribution in [2.45, 2.75) is 13.3 Å². The zero-order chi connectivity index (χ0) is 10.8. The van der Waals surface area contributed by atoms with Crippen LogP contribution in [0.15, 0.2) is 23.8 Å². The maximum Gasteiger partial charge on any atom is 0.302 e. The van der Waals surface area contributed by atoms with Gasteiger partial charge in [0.15, 0.2) is 0 Å². The number of hydrogen-bond donors (Lipinski definition) is 0. The minimum Gasteiger partial charge on any atom is -0.461 e. The second kappa shape index (κ2) is 3.85. The number of carbonyl (C=O) groups is 1. The van der Waals surface area contributed by atoms with E-state index in [1.165, 1.54) is 19.1 Å². The molecule has 0 unspecified atom stereocenters. The smallest absolute Gasteiger partial charge is 0.302 e. The molecule has 0 atom stereocenters. The minimum atomic E-state index is -0.293. The van der Waals surface area contributed by atoms with Crippen LogP contribution >= 0.6 is 0 Å². The summed E-state index contributed by atoms with van der Waals surface area (Å²) in [5.74, 6) is -0.531. The maximum absolute atomic E-state index is 12.9. The number of esters is 1. The van der Waals surface area contributed by atoms with Crippen LogP contribution < -0.4 is 0 Å². The second-order valence-corrected chi connectivity index (χ2v) is 3.60. The van der Waals surface area contributed by atoms with Crippen LogP contribution in [0.3, 0.4) is 0 Å². The summed E-state index contributed by atoms with van der Waals surface area (Å²) >= 11 is 0. The molecule has 15 heavy (non-hydrogen) atoms. The molecule has 0 aromatic heterocycles. The van der Waals surface area contributed by atoms with Gasteiger partial charge in [-0.25, -0.2) is 4.39 Å². The summed E-state index contributed by atoms with van der Waals surface area (Å²) in [6.07, 6.45) is 2.62. The summed E-state index contributed by atoms with van der Waals surface area (Å²) < 4.78 is 17.8. The Labute approximate surface area is 87.4 Å². The van der Waals surface area contributed by atoms with Crippen molar-refractivity contribution in [3.63, 3.8) is 0 Å². The van der Waals surface area contributed by atoms with Gasteiger partial charge in [0.05, 0.1) is 0 Å². The van der Waals surface area contributed by atoms with Crippen LogP contribution in [0, 0.1) is 5.82 Å². The van der Waals surface area contributed by atoms with Gasteiger partial charge in [0.25, 0.3) is 0 Å². The van der Waals surface area contributed by atoms with E-state index in [9.17, 15) is 9.18 Å². The number of fused-ring (bicyclic) bond motifs is 1. The summed E-state index contributed by atoms with van der Waals surface area (Å²) in [6.45, 7) is 1.67. The van der Waals surface area contributed by atoms with Crippen molar-refractivity contribution >= 4 is 12.0 Å². The molecule has 0 saturated carbocycles. The van der Waals surface area contributed by atoms with Crippen molar-refractivity contribution in [2.75, 3.05) is 6.61 Å². The van der Waals surface area contributed by atoms with Crippen LogP contribution in [-0.2, 0) is 16.0 Å². The van der Waals surface area contributed by atoms with Gasteiger partial charge >= 0.3 is 5.97 Å². The molecule has 2 rings (SSSR count). The summed E-state index contributed by atoms with van der Waals surface area (Å²) in [4.78, 5) is 10.6. The first kappa shape index (κ1) is 9.90. The van der Waals surface area contributed by atoms with E-state index in [0.717, 1.165) is 23.1 Å². The predicted octanol–water partition coefficient (Wildman–Crippen LogP) is 2.33. The fourth-order valence-electron chi connectivity index (χ4n) is 1.66. The summed E-state index contributed by atoms with van der Waals surface area (Å²) in [6, 6.07) is 4.71. The van der Waals surface area contributed by atoms with Gasteiger partial charge in [-0.05, 0) is 35.3 Å². The van der Waals surface area contributed by atoms with Gasteiger partial charge in [-0.2, -0.15) is 0 Å². The van der Waals surface area contributed by atoms with Crippen molar-refractivity contribution in [1.29, 1.82) is 0 Å². The Bertz CT molecular complexity index is 435. The molecule has 0 aliphatic heterocycles. The van der Waals surface area contributed by atoms with Crippen molar-refractivity contribution in [3.05, 3.63) is 40.7 Å². The van der Waals surface area contributed by atoms with Gasteiger partial charge in [0.1, 0.15) is 12.4 Å². The number of rotatable bonds is 2. The molecule has 0 saturated heterocycles. The first-order valence-electron chi connectivity index (χ1n) is 4.76. The van der Waals surface area contributed by atoms with E-state index in [2.05, 4.69) is 0 Å². The third-order valence-corrected chi connectivity index (χ3v) is 2.35. The van der Waals surface area contributed by atoms with E-state index in [1.54, 1.807) is 6.07 Å². The fourth-order valence-corrected chi connectivity index (χ4v) is 1.66. The largest absolute Gasteiger partial charge is 0.461 e. The van der Waals surface area contributed by atoms with Gasteiger partial charge in [0, 0.05) is 6.92 Å². The first-order valence-corrected chi connectivity index (χ1v) is 4.76. The summed E-state index contributed by atoms with van der Waals surface area (Å²) in [5.41, 5.74) is 2.97. The molecular formula is C12H11FO2. The molecule has 0 heterocycles. The summed E-state index contributed by atoms with van der Waals surface area (Å²) in [5, 5.41) is 0. The van der Waals surface area contributed by atoms with Crippen LogP contribution in [0.5, 0.6) is 0 Å². The van der Waals surface area contributed by atoms with Crippen molar-refractivity contribution < 1.29 is 13.9 Å². The zero-order valence-electron chi connectivity index (χ0n) is 8.42. The molecule has 1 aromatic rings. The SMILES string of the molecule is CC(=O)OCC1=Cc2cc(F)ccc2C1. The molecule has 2 nitrogen and oxygen atoms in total. The van der Waals surface area contributed by atoms with E-state index in [0.29, 0.717) is 6.61 Å². The Morgan fingerprint density at radius 2 is 2.33 bits per heavy atom. The summed E-state index contributed by atoms with van der Waals surface area (Å²) in [7, 11) is 0. The van der Waals surface area contributed by atoms with E-state index >= 15 is 0 Å². The van der Waals surface area contributed by atoms with Gasteiger partial charge in [-0.1, -0.05) is 12.1 Å². The molecule has 1 aromatic carbocycles. The molecule has 0 spiro atoms. The Morgan fingerprint density at radius 1 is 1.53 bits per heavy atom. The van der Waals surface area contributed by atoms with E-state index < -0.39 is 0 Å². The molecule has 0 radical (unpaired) electrons. The van der Waals surface area contributed by atoms with Gasteiger partial charge in [0.2, 0.25) is 0 Å². The first-order chi connectivity index (χ1) is 7.15. The average molecular weight is 206 g/mol. The lowest BCUT2D eigenvalue weighted by Gasteiger charge is -2.01. The van der Waals surface area contributed by atoms with Crippen LogP contribution in [-0.4, -0.2) is 12.6 Å². The lowest BCUT2D eigenvalue weighted by atomic mass is 10.1. The van der Waals surface area contributed by atoms with Crippen LogP contribution in [0.1, 0.15) is 18.1 Å². The number of halogens is 1.